The molecule has 1 aromatic rings. The molecule has 0 amide bonds. The Labute approximate surface area is 97.7 Å². The summed E-state index contributed by atoms with van der Waals surface area (Å²) in [6, 6.07) is 3.06. The highest BCUT2D eigenvalue weighted by Gasteiger charge is 2.35. The van der Waals surface area contributed by atoms with Crippen LogP contribution in [-0.2, 0) is 10.2 Å². The molecule has 0 aliphatic heterocycles. The van der Waals surface area contributed by atoms with E-state index in [9.17, 15) is 13.6 Å². The van der Waals surface area contributed by atoms with E-state index in [0.29, 0.717) is 0 Å². The lowest BCUT2D eigenvalue weighted by Crippen LogP contribution is -2.29. The van der Waals surface area contributed by atoms with Gasteiger partial charge in [-0.15, -0.1) is 6.58 Å². The Kier molecular flexibility index (Phi) is 3.81. The molecule has 4 heteroatoms. The maximum Gasteiger partial charge on any atom is 0.232 e. The van der Waals surface area contributed by atoms with Gasteiger partial charge < -0.3 is 0 Å². The van der Waals surface area contributed by atoms with Gasteiger partial charge in [0.2, 0.25) is 5.24 Å². The van der Waals surface area contributed by atoms with Crippen LogP contribution in [-0.4, -0.2) is 5.24 Å². The zero-order valence-corrected chi connectivity index (χ0v) is 9.52. The monoisotopic (exact) mass is 244 g/mol. The average Bonchev–Trinajstić information content (AvgIpc) is 2.17. The normalized spacial score (nSPS) is 14.2. The van der Waals surface area contributed by atoms with Gasteiger partial charge in [-0.1, -0.05) is 12.1 Å². The minimum absolute atomic E-state index is 0.0776. The predicted molar refractivity (Wildman–Crippen MR) is 59.4 cm³/mol. The molecule has 0 aliphatic carbocycles. The molecule has 0 saturated carbocycles. The molecule has 0 saturated heterocycles. The summed E-state index contributed by atoms with van der Waals surface area (Å²) in [6.07, 6.45) is 1.67. The Morgan fingerprint density at radius 1 is 1.56 bits per heavy atom. The summed E-state index contributed by atoms with van der Waals surface area (Å²) >= 11 is 5.46. The molecule has 0 spiro atoms. The van der Waals surface area contributed by atoms with Crippen LogP contribution in [0.2, 0.25) is 0 Å². The molecule has 86 valence electrons. The van der Waals surface area contributed by atoms with E-state index >= 15 is 0 Å². The first-order chi connectivity index (χ1) is 7.41. The van der Waals surface area contributed by atoms with Crippen molar-refractivity contribution in [2.75, 3.05) is 0 Å². The summed E-state index contributed by atoms with van der Waals surface area (Å²) in [5.74, 6) is -1.47. The molecule has 0 bridgehead atoms. The van der Waals surface area contributed by atoms with E-state index in [0.717, 1.165) is 12.1 Å². The molecule has 1 nitrogen and oxygen atoms in total. The summed E-state index contributed by atoms with van der Waals surface area (Å²) in [5, 5.41) is -0.696. The first-order valence-electron chi connectivity index (χ1n) is 4.68. The van der Waals surface area contributed by atoms with E-state index in [-0.39, 0.29) is 12.0 Å². The number of carbonyl (C=O) groups excluding carboxylic acids is 1. The van der Waals surface area contributed by atoms with Gasteiger partial charge in [-0.05, 0) is 31.0 Å². The van der Waals surface area contributed by atoms with Gasteiger partial charge in [-0.2, -0.15) is 0 Å². The van der Waals surface area contributed by atoms with Gasteiger partial charge in [0.05, 0.1) is 5.41 Å². The van der Waals surface area contributed by atoms with Crippen LogP contribution in [0.3, 0.4) is 0 Å². The minimum atomic E-state index is -1.21. The van der Waals surface area contributed by atoms with E-state index in [1.807, 2.05) is 0 Å². The third-order valence-corrected chi connectivity index (χ3v) is 2.93. The smallest absolute Gasteiger partial charge is 0.232 e. The van der Waals surface area contributed by atoms with Gasteiger partial charge in [-0.3, -0.25) is 4.79 Å². The molecular weight excluding hydrogens is 234 g/mol. The summed E-state index contributed by atoms with van der Waals surface area (Å²) in [5.41, 5.74) is -1.13. The number of halogens is 3. The SMILES string of the molecule is C=CCC(C)(C(=O)Cl)c1ccc(F)cc1F. The molecule has 1 unspecified atom stereocenters. The Balaban J connectivity index is 3.31. The lowest BCUT2D eigenvalue weighted by atomic mass is 9.80. The zero-order chi connectivity index (χ0) is 12.3. The van der Waals surface area contributed by atoms with Crippen molar-refractivity contribution in [3.63, 3.8) is 0 Å². The maximum absolute atomic E-state index is 13.5. The molecule has 1 atom stereocenters. The number of hydrogen-bond donors (Lipinski definition) is 0. The van der Waals surface area contributed by atoms with Crippen LogP contribution < -0.4 is 0 Å². The highest BCUT2D eigenvalue weighted by molar-refractivity contribution is 6.65. The number of rotatable bonds is 4. The number of carbonyl (C=O) groups is 1. The van der Waals surface area contributed by atoms with Crippen LogP contribution in [0.15, 0.2) is 30.9 Å². The van der Waals surface area contributed by atoms with E-state index in [4.69, 9.17) is 11.6 Å². The standard InChI is InChI=1S/C12H11ClF2O/c1-3-6-12(2,11(13)16)9-5-4-8(14)7-10(9)15/h3-5,7H,1,6H2,2H3. The fourth-order valence-electron chi connectivity index (χ4n) is 1.52. The van der Waals surface area contributed by atoms with Crippen molar-refractivity contribution < 1.29 is 13.6 Å². The van der Waals surface area contributed by atoms with E-state index in [1.54, 1.807) is 0 Å². The molecule has 1 aromatic carbocycles. The van der Waals surface area contributed by atoms with Crippen LogP contribution in [0.1, 0.15) is 18.9 Å². The molecule has 1 rings (SSSR count). The van der Waals surface area contributed by atoms with Crippen molar-refractivity contribution in [3.05, 3.63) is 48.1 Å². The Bertz CT molecular complexity index is 431. The Hall–Kier alpha value is -1.22. The Morgan fingerprint density at radius 3 is 2.62 bits per heavy atom. The van der Waals surface area contributed by atoms with Crippen molar-refractivity contribution >= 4 is 16.8 Å². The summed E-state index contributed by atoms with van der Waals surface area (Å²) in [7, 11) is 0. The summed E-state index contributed by atoms with van der Waals surface area (Å²) < 4.78 is 26.3. The summed E-state index contributed by atoms with van der Waals surface area (Å²) in [6.45, 7) is 4.99. The van der Waals surface area contributed by atoms with Gasteiger partial charge in [0.15, 0.2) is 0 Å². The Morgan fingerprint density at radius 2 is 2.19 bits per heavy atom. The molecule has 16 heavy (non-hydrogen) atoms. The van der Waals surface area contributed by atoms with Gasteiger partial charge in [0.1, 0.15) is 11.6 Å². The molecule has 0 aliphatic rings. The average molecular weight is 245 g/mol. The predicted octanol–water partition coefficient (Wildman–Crippen LogP) is 3.56. The first kappa shape index (κ1) is 12.8. The van der Waals surface area contributed by atoms with E-state index < -0.39 is 22.3 Å². The van der Waals surface area contributed by atoms with Crippen LogP contribution in [0.5, 0.6) is 0 Å². The maximum atomic E-state index is 13.5. The quantitative estimate of drug-likeness (QED) is 0.585. The van der Waals surface area contributed by atoms with Crippen LogP contribution >= 0.6 is 11.6 Å². The zero-order valence-electron chi connectivity index (χ0n) is 8.77. The minimum Gasteiger partial charge on any atom is -0.280 e. The van der Waals surface area contributed by atoms with Crippen molar-refractivity contribution in [2.45, 2.75) is 18.8 Å². The van der Waals surface area contributed by atoms with Crippen molar-refractivity contribution in [1.82, 2.24) is 0 Å². The molecular formula is C12H11ClF2O. The van der Waals surface area contributed by atoms with Crippen LogP contribution in [0.4, 0.5) is 8.78 Å². The topological polar surface area (TPSA) is 17.1 Å². The molecule has 0 N–H and O–H groups in total. The van der Waals surface area contributed by atoms with E-state index in [1.165, 1.54) is 19.1 Å². The number of benzene rings is 1. The highest BCUT2D eigenvalue weighted by Crippen LogP contribution is 2.32. The lowest BCUT2D eigenvalue weighted by molar-refractivity contribution is -0.116. The van der Waals surface area contributed by atoms with Gasteiger partial charge >= 0.3 is 0 Å². The van der Waals surface area contributed by atoms with Gasteiger partial charge in [0.25, 0.3) is 0 Å². The number of hydrogen-bond acceptors (Lipinski definition) is 1. The number of allylic oxidation sites excluding steroid dienone is 1. The molecule has 0 radical (unpaired) electrons. The highest BCUT2D eigenvalue weighted by atomic mass is 35.5. The van der Waals surface area contributed by atoms with Crippen LogP contribution in [0.25, 0.3) is 0 Å². The fourth-order valence-corrected chi connectivity index (χ4v) is 1.70. The molecule has 0 heterocycles. The third kappa shape index (κ3) is 2.30. The van der Waals surface area contributed by atoms with Gasteiger partial charge in [0, 0.05) is 11.6 Å². The second-order valence-electron chi connectivity index (χ2n) is 3.72. The van der Waals surface area contributed by atoms with E-state index in [2.05, 4.69) is 6.58 Å². The largest absolute Gasteiger partial charge is 0.280 e. The second-order valence-corrected chi connectivity index (χ2v) is 4.07. The van der Waals surface area contributed by atoms with Gasteiger partial charge in [-0.25, -0.2) is 8.78 Å². The fraction of sp³-hybridized carbons (Fsp3) is 0.250. The first-order valence-corrected chi connectivity index (χ1v) is 5.06. The third-order valence-electron chi connectivity index (χ3n) is 2.51. The van der Waals surface area contributed by atoms with Crippen LogP contribution in [0, 0.1) is 11.6 Å². The molecule has 0 aromatic heterocycles. The summed E-state index contributed by atoms with van der Waals surface area (Å²) in [4.78, 5) is 11.4. The molecule has 0 fully saturated rings. The van der Waals surface area contributed by atoms with Crippen molar-refractivity contribution in [2.24, 2.45) is 0 Å². The lowest BCUT2D eigenvalue weighted by Gasteiger charge is -2.24. The second kappa shape index (κ2) is 4.74. The van der Waals surface area contributed by atoms with Crippen molar-refractivity contribution in [1.29, 1.82) is 0 Å². The van der Waals surface area contributed by atoms with Crippen molar-refractivity contribution in [3.8, 4) is 0 Å².